The van der Waals surface area contributed by atoms with Crippen molar-refractivity contribution in [1.82, 2.24) is 9.88 Å². The molecular weight excluding hydrogens is 410 g/mol. The highest BCUT2D eigenvalue weighted by Crippen LogP contribution is 2.32. The number of likely N-dealkylation sites (tertiary alicyclic amines) is 1. The Hall–Kier alpha value is -3.06. The molecule has 2 heterocycles. The van der Waals surface area contributed by atoms with Crippen LogP contribution in [0.5, 0.6) is 11.5 Å². The predicted molar refractivity (Wildman–Crippen MR) is 124 cm³/mol. The average Bonchev–Trinajstić information content (AvgIpc) is 3.28. The van der Waals surface area contributed by atoms with E-state index in [4.69, 9.17) is 9.47 Å². The highest BCUT2D eigenvalue weighted by molar-refractivity contribution is 7.14. The summed E-state index contributed by atoms with van der Waals surface area (Å²) in [4.78, 5) is 19.4. The number of hydrogen-bond donors (Lipinski definition) is 1. The Bertz CT molecular complexity index is 1010. The van der Waals surface area contributed by atoms with Crippen molar-refractivity contribution in [1.29, 1.82) is 0 Å². The van der Waals surface area contributed by atoms with Gasteiger partial charge in [-0.15, -0.1) is 11.3 Å². The van der Waals surface area contributed by atoms with Crippen LogP contribution in [-0.2, 0) is 6.42 Å². The molecule has 1 N–H and O–H groups in total. The van der Waals surface area contributed by atoms with Crippen LogP contribution in [0.25, 0.3) is 0 Å². The maximum atomic E-state index is 12.9. The first-order valence-electron chi connectivity index (χ1n) is 10.4. The fourth-order valence-corrected chi connectivity index (χ4v) is 4.62. The van der Waals surface area contributed by atoms with Crippen molar-refractivity contribution in [2.75, 3.05) is 32.6 Å². The minimum absolute atomic E-state index is 0.00905. The van der Waals surface area contributed by atoms with Gasteiger partial charge in [-0.2, -0.15) is 0 Å². The third kappa shape index (κ3) is 5.17. The number of thiazole rings is 1. The zero-order valence-corrected chi connectivity index (χ0v) is 18.7. The number of carbonyl (C=O) groups excluding carboxylic acids is 1. The lowest BCUT2D eigenvalue weighted by Gasteiger charge is -2.31. The second-order valence-electron chi connectivity index (χ2n) is 7.66. The molecule has 0 atom stereocenters. The monoisotopic (exact) mass is 437 g/mol. The van der Waals surface area contributed by atoms with Crippen molar-refractivity contribution in [2.24, 2.45) is 5.92 Å². The molecule has 0 aliphatic carbocycles. The lowest BCUT2D eigenvalue weighted by atomic mass is 9.90. The Morgan fingerprint density at radius 2 is 1.84 bits per heavy atom. The number of rotatable bonds is 7. The summed E-state index contributed by atoms with van der Waals surface area (Å²) in [6.07, 6.45) is 3.14. The van der Waals surface area contributed by atoms with Crippen LogP contribution in [0.2, 0.25) is 0 Å². The number of nitrogens with one attached hydrogen (secondary N) is 1. The first-order valence-corrected chi connectivity index (χ1v) is 11.3. The molecule has 3 aromatic rings. The van der Waals surface area contributed by atoms with Crippen LogP contribution in [0, 0.1) is 5.92 Å². The number of ether oxygens (including phenoxy) is 2. The van der Waals surface area contributed by atoms with Crippen LogP contribution in [0.3, 0.4) is 0 Å². The first kappa shape index (κ1) is 21.2. The molecule has 1 aliphatic heterocycles. The van der Waals surface area contributed by atoms with Gasteiger partial charge < -0.3 is 19.7 Å². The molecular formula is C24H27N3O3S. The zero-order chi connectivity index (χ0) is 21.6. The van der Waals surface area contributed by atoms with Gasteiger partial charge in [-0.3, -0.25) is 4.79 Å². The Morgan fingerprint density at radius 1 is 1.10 bits per heavy atom. The molecule has 0 radical (unpaired) electrons. The SMILES string of the molecule is COc1ccc(Nc2nc(C(=O)N3CCC(Cc4ccccc4)CC3)cs2)cc1OC. The summed E-state index contributed by atoms with van der Waals surface area (Å²) >= 11 is 1.42. The molecule has 31 heavy (non-hydrogen) atoms. The van der Waals surface area contributed by atoms with Gasteiger partial charge in [-0.1, -0.05) is 30.3 Å². The van der Waals surface area contributed by atoms with E-state index >= 15 is 0 Å². The van der Waals surface area contributed by atoms with E-state index in [9.17, 15) is 4.79 Å². The molecule has 1 amide bonds. The maximum Gasteiger partial charge on any atom is 0.273 e. The first-order chi connectivity index (χ1) is 15.2. The van der Waals surface area contributed by atoms with Crippen molar-refractivity contribution in [3.05, 3.63) is 65.2 Å². The average molecular weight is 438 g/mol. The largest absolute Gasteiger partial charge is 0.493 e. The molecule has 0 unspecified atom stereocenters. The van der Waals surface area contributed by atoms with E-state index in [1.54, 1.807) is 14.2 Å². The third-order valence-corrected chi connectivity index (χ3v) is 6.38. The summed E-state index contributed by atoms with van der Waals surface area (Å²) in [6, 6.07) is 16.2. The summed E-state index contributed by atoms with van der Waals surface area (Å²) in [6.45, 7) is 1.57. The number of nitrogens with zero attached hydrogens (tertiary/aromatic N) is 2. The number of anilines is 2. The van der Waals surface area contributed by atoms with Crippen LogP contribution in [-0.4, -0.2) is 43.1 Å². The van der Waals surface area contributed by atoms with Crippen LogP contribution >= 0.6 is 11.3 Å². The number of methoxy groups -OCH3 is 2. The number of amides is 1. The molecule has 1 fully saturated rings. The standard InChI is InChI=1S/C24H27N3O3S/c1-29-21-9-8-19(15-22(21)30-2)25-24-26-20(16-31-24)23(28)27-12-10-18(11-13-27)14-17-6-4-3-5-7-17/h3-9,15-16,18H,10-14H2,1-2H3,(H,25,26). The summed E-state index contributed by atoms with van der Waals surface area (Å²) in [5.74, 6) is 1.94. The van der Waals surface area contributed by atoms with Gasteiger partial charge in [0.1, 0.15) is 5.69 Å². The van der Waals surface area contributed by atoms with Crippen LogP contribution in [0.15, 0.2) is 53.9 Å². The van der Waals surface area contributed by atoms with Crippen molar-refractivity contribution in [2.45, 2.75) is 19.3 Å². The van der Waals surface area contributed by atoms with Crippen LogP contribution in [0.4, 0.5) is 10.8 Å². The molecule has 0 spiro atoms. The fraction of sp³-hybridized carbons (Fsp3) is 0.333. The highest BCUT2D eigenvalue weighted by atomic mass is 32.1. The van der Waals surface area contributed by atoms with Gasteiger partial charge >= 0.3 is 0 Å². The minimum Gasteiger partial charge on any atom is -0.493 e. The molecule has 1 aromatic heterocycles. The van der Waals surface area contributed by atoms with E-state index in [2.05, 4.69) is 34.6 Å². The smallest absolute Gasteiger partial charge is 0.273 e. The molecule has 4 rings (SSSR count). The lowest BCUT2D eigenvalue weighted by Crippen LogP contribution is -2.39. The van der Waals surface area contributed by atoms with Crippen molar-refractivity contribution < 1.29 is 14.3 Å². The number of benzene rings is 2. The van der Waals surface area contributed by atoms with Crippen LogP contribution in [0.1, 0.15) is 28.9 Å². The molecule has 162 valence electrons. The summed E-state index contributed by atoms with van der Waals surface area (Å²) in [5, 5.41) is 5.74. The fourth-order valence-electron chi connectivity index (χ4n) is 3.92. The van der Waals surface area contributed by atoms with E-state index < -0.39 is 0 Å². The molecule has 6 nitrogen and oxygen atoms in total. The Labute approximate surface area is 186 Å². The van der Waals surface area contributed by atoms with Gasteiger partial charge in [-0.05, 0) is 42.9 Å². The Kier molecular flexibility index (Phi) is 6.72. The highest BCUT2D eigenvalue weighted by Gasteiger charge is 2.25. The van der Waals surface area contributed by atoms with E-state index in [0.29, 0.717) is 28.2 Å². The number of carbonyl (C=O) groups is 1. The summed E-state index contributed by atoms with van der Waals surface area (Å²) in [7, 11) is 3.21. The molecule has 1 aliphatic rings. The van der Waals surface area contributed by atoms with Crippen molar-refractivity contribution in [3.8, 4) is 11.5 Å². The van der Waals surface area contributed by atoms with Crippen LogP contribution < -0.4 is 14.8 Å². The number of aromatic nitrogens is 1. The second-order valence-corrected chi connectivity index (χ2v) is 8.52. The quantitative estimate of drug-likeness (QED) is 0.564. The predicted octanol–water partition coefficient (Wildman–Crippen LogP) is 5.00. The van der Waals surface area contributed by atoms with Gasteiger partial charge in [0.15, 0.2) is 16.6 Å². The molecule has 2 aromatic carbocycles. The Balaban J connectivity index is 1.33. The normalized spacial score (nSPS) is 14.3. The van der Waals surface area contributed by atoms with Crippen molar-refractivity contribution >= 4 is 28.1 Å². The Morgan fingerprint density at radius 3 is 2.55 bits per heavy atom. The minimum atomic E-state index is 0.00905. The van der Waals surface area contributed by atoms with Crippen molar-refractivity contribution in [3.63, 3.8) is 0 Å². The number of hydrogen-bond acceptors (Lipinski definition) is 6. The van der Waals surface area contributed by atoms with E-state index in [-0.39, 0.29) is 5.91 Å². The van der Waals surface area contributed by atoms with E-state index in [1.807, 2.05) is 34.5 Å². The summed E-state index contributed by atoms with van der Waals surface area (Å²) in [5.41, 5.74) is 2.69. The summed E-state index contributed by atoms with van der Waals surface area (Å²) < 4.78 is 10.6. The van der Waals surface area contributed by atoms with Gasteiger partial charge in [0, 0.05) is 30.2 Å². The molecule has 7 heteroatoms. The van der Waals surface area contributed by atoms with E-state index in [0.717, 1.165) is 38.0 Å². The zero-order valence-electron chi connectivity index (χ0n) is 17.8. The van der Waals surface area contributed by atoms with E-state index in [1.165, 1.54) is 16.9 Å². The van der Waals surface area contributed by atoms with Gasteiger partial charge in [0.25, 0.3) is 5.91 Å². The molecule has 1 saturated heterocycles. The maximum absolute atomic E-state index is 12.9. The second kappa shape index (κ2) is 9.83. The molecule has 0 bridgehead atoms. The third-order valence-electron chi connectivity index (χ3n) is 5.63. The number of piperidine rings is 1. The van der Waals surface area contributed by atoms with Gasteiger partial charge in [0.2, 0.25) is 0 Å². The van der Waals surface area contributed by atoms with Gasteiger partial charge in [0.05, 0.1) is 14.2 Å². The topological polar surface area (TPSA) is 63.7 Å². The van der Waals surface area contributed by atoms with Gasteiger partial charge in [-0.25, -0.2) is 4.98 Å². The molecule has 0 saturated carbocycles. The lowest BCUT2D eigenvalue weighted by molar-refractivity contribution is 0.0685.